The molecule has 0 saturated heterocycles. The third-order valence-electron chi connectivity index (χ3n) is 3.66. The van der Waals surface area contributed by atoms with Gasteiger partial charge in [-0.15, -0.1) is 0 Å². The van der Waals surface area contributed by atoms with Gasteiger partial charge in [0.05, 0.1) is 12.2 Å². The Bertz CT molecular complexity index is 309. The highest BCUT2D eigenvalue weighted by atomic mass is 16.7. The first-order valence-corrected chi connectivity index (χ1v) is 6.04. The van der Waals surface area contributed by atoms with E-state index in [4.69, 9.17) is 10.1 Å². The van der Waals surface area contributed by atoms with Gasteiger partial charge in [-0.3, -0.25) is 9.63 Å². The van der Waals surface area contributed by atoms with Gasteiger partial charge >= 0.3 is 0 Å². The number of amides is 1. The van der Waals surface area contributed by atoms with Gasteiger partial charge in [-0.2, -0.15) is 5.26 Å². The van der Waals surface area contributed by atoms with Crippen molar-refractivity contribution in [3.63, 3.8) is 0 Å². The van der Waals surface area contributed by atoms with Crippen LogP contribution in [0.4, 0.5) is 0 Å². The molecule has 1 N–H and O–H groups in total. The Hall–Kier alpha value is -1.08. The smallest absolute Gasteiger partial charge is 0.264 e. The molecule has 2 saturated carbocycles. The second-order valence-electron chi connectivity index (χ2n) is 5.16. The van der Waals surface area contributed by atoms with Crippen LogP contribution in [-0.4, -0.2) is 12.0 Å². The van der Waals surface area contributed by atoms with E-state index in [1.54, 1.807) is 0 Å². The van der Waals surface area contributed by atoms with E-state index in [1.807, 2.05) is 0 Å². The maximum atomic E-state index is 11.8. The van der Waals surface area contributed by atoms with Crippen LogP contribution in [0.15, 0.2) is 0 Å². The average Bonchev–Trinajstić information content (AvgIpc) is 2.73. The monoisotopic (exact) mass is 222 g/mol. The molecule has 2 rings (SSSR count). The molecule has 16 heavy (non-hydrogen) atoms. The summed E-state index contributed by atoms with van der Waals surface area (Å²) in [5.74, 6) is 0.219. The van der Waals surface area contributed by atoms with Crippen molar-refractivity contribution in [3.05, 3.63) is 0 Å². The third-order valence-corrected chi connectivity index (χ3v) is 3.66. The highest BCUT2D eigenvalue weighted by Crippen LogP contribution is 2.45. The van der Waals surface area contributed by atoms with Gasteiger partial charge in [0.25, 0.3) is 5.91 Å². The Morgan fingerprint density at radius 3 is 2.56 bits per heavy atom. The van der Waals surface area contributed by atoms with Crippen LogP contribution in [0.2, 0.25) is 0 Å². The van der Waals surface area contributed by atoms with Crippen LogP contribution in [0, 0.1) is 22.7 Å². The minimum Gasteiger partial charge on any atom is -0.271 e. The molecule has 0 atom stereocenters. The molecule has 0 radical (unpaired) electrons. The van der Waals surface area contributed by atoms with E-state index in [-0.39, 0.29) is 12.0 Å². The molecule has 0 spiro atoms. The highest BCUT2D eigenvalue weighted by Gasteiger charge is 2.49. The molecule has 0 aromatic carbocycles. The van der Waals surface area contributed by atoms with E-state index in [9.17, 15) is 4.79 Å². The molecule has 2 aliphatic rings. The van der Waals surface area contributed by atoms with E-state index in [2.05, 4.69) is 18.5 Å². The maximum Gasteiger partial charge on any atom is 0.264 e. The number of hydrogen-bond donors (Lipinski definition) is 1. The normalized spacial score (nSPS) is 34.1. The molecule has 1 amide bonds. The number of nitrogens with zero attached hydrogens (tertiary/aromatic N) is 1. The minimum atomic E-state index is -0.821. The highest BCUT2D eigenvalue weighted by molar-refractivity contribution is 5.85. The van der Waals surface area contributed by atoms with Crippen LogP contribution in [0.1, 0.15) is 45.4 Å². The second kappa shape index (κ2) is 4.42. The number of carbonyl (C=O) groups excluding carboxylic acids is 1. The summed E-state index contributed by atoms with van der Waals surface area (Å²) in [6.45, 7) is 2.06. The number of nitrogens with one attached hydrogen (secondary N) is 1. The lowest BCUT2D eigenvalue weighted by Gasteiger charge is -2.39. The number of hydroxylamine groups is 1. The van der Waals surface area contributed by atoms with Crippen molar-refractivity contribution in [3.8, 4) is 6.07 Å². The fourth-order valence-corrected chi connectivity index (χ4v) is 2.70. The minimum absolute atomic E-state index is 0.150. The summed E-state index contributed by atoms with van der Waals surface area (Å²) in [7, 11) is 0. The van der Waals surface area contributed by atoms with E-state index in [0.29, 0.717) is 18.8 Å². The maximum absolute atomic E-state index is 11.8. The van der Waals surface area contributed by atoms with Crippen LogP contribution in [0.25, 0.3) is 0 Å². The molecule has 88 valence electrons. The number of nitriles is 1. The standard InChI is InChI=1S/C12H18N2O2/c1-9-6-12(7-9,8-13)11(15)14-16-10-4-2-3-5-10/h9-10H,2-7H2,1H3,(H,14,15). The number of hydrogen-bond acceptors (Lipinski definition) is 3. The Morgan fingerprint density at radius 1 is 1.44 bits per heavy atom. The predicted octanol–water partition coefficient (Wildman–Crippen LogP) is 1.92. The Labute approximate surface area is 95.9 Å². The zero-order chi connectivity index (χ0) is 11.6. The molecule has 0 aromatic heterocycles. The van der Waals surface area contributed by atoms with Crippen molar-refractivity contribution in [2.45, 2.75) is 51.6 Å². The van der Waals surface area contributed by atoms with Crippen LogP contribution in [-0.2, 0) is 9.63 Å². The summed E-state index contributed by atoms with van der Waals surface area (Å²) in [6, 6.07) is 2.13. The molecule has 2 fully saturated rings. The SMILES string of the molecule is CC1CC(C#N)(C(=O)NOC2CCCC2)C1. The average molecular weight is 222 g/mol. The summed E-state index contributed by atoms with van der Waals surface area (Å²) < 4.78 is 0. The first-order valence-electron chi connectivity index (χ1n) is 6.04. The van der Waals surface area contributed by atoms with Crippen molar-refractivity contribution < 1.29 is 9.63 Å². The van der Waals surface area contributed by atoms with E-state index in [0.717, 1.165) is 12.8 Å². The Morgan fingerprint density at radius 2 is 2.06 bits per heavy atom. The summed E-state index contributed by atoms with van der Waals surface area (Å²) in [5.41, 5.74) is 1.66. The van der Waals surface area contributed by atoms with Crippen LogP contribution < -0.4 is 5.48 Å². The topological polar surface area (TPSA) is 62.1 Å². The van der Waals surface area contributed by atoms with Crippen LogP contribution in [0.5, 0.6) is 0 Å². The molecule has 0 aliphatic heterocycles. The molecular formula is C12H18N2O2. The van der Waals surface area contributed by atoms with Gasteiger partial charge in [0, 0.05) is 0 Å². The van der Waals surface area contributed by atoms with Crippen molar-refractivity contribution in [1.29, 1.82) is 5.26 Å². The Balaban J connectivity index is 1.81. The first-order chi connectivity index (χ1) is 7.66. The van der Waals surface area contributed by atoms with Gasteiger partial charge < -0.3 is 0 Å². The van der Waals surface area contributed by atoms with Gasteiger partial charge in [-0.05, 0) is 31.6 Å². The molecule has 0 heterocycles. The number of carbonyl (C=O) groups is 1. The summed E-state index contributed by atoms with van der Waals surface area (Å²) >= 11 is 0. The van der Waals surface area contributed by atoms with E-state index in [1.165, 1.54) is 12.8 Å². The molecule has 0 bridgehead atoms. The molecular weight excluding hydrogens is 204 g/mol. The van der Waals surface area contributed by atoms with Crippen molar-refractivity contribution >= 4 is 5.91 Å². The summed E-state index contributed by atoms with van der Waals surface area (Å²) in [6.07, 6.45) is 5.82. The van der Waals surface area contributed by atoms with Crippen molar-refractivity contribution in [1.82, 2.24) is 5.48 Å². The zero-order valence-electron chi connectivity index (χ0n) is 9.66. The second-order valence-corrected chi connectivity index (χ2v) is 5.16. The molecule has 4 nitrogen and oxygen atoms in total. The first kappa shape index (κ1) is 11.4. The zero-order valence-corrected chi connectivity index (χ0v) is 9.66. The Kier molecular flexibility index (Phi) is 3.15. The molecule has 0 unspecified atom stereocenters. The van der Waals surface area contributed by atoms with Gasteiger partial charge in [0.1, 0.15) is 5.41 Å². The fraction of sp³-hybridized carbons (Fsp3) is 0.833. The van der Waals surface area contributed by atoms with E-state index < -0.39 is 5.41 Å². The predicted molar refractivity (Wildman–Crippen MR) is 57.9 cm³/mol. The molecule has 2 aliphatic carbocycles. The van der Waals surface area contributed by atoms with Crippen molar-refractivity contribution in [2.75, 3.05) is 0 Å². The summed E-state index contributed by atoms with van der Waals surface area (Å²) in [4.78, 5) is 17.2. The molecule has 0 aromatic rings. The van der Waals surface area contributed by atoms with Crippen molar-refractivity contribution in [2.24, 2.45) is 11.3 Å². The fourth-order valence-electron chi connectivity index (χ4n) is 2.70. The quantitative estimate of drug-likeness (QED) is 0.742. The largest absolute Gasteiger partial charge is 0.271 e. The van der Waals surface area contributed by atoms with Gasteiger partial charge in [-0.25, -0.2) is 5.48 Å². The lowest BCUT2D eigenvalue weighted by Crippen LogP contribution is -2.48. The lowest BCUT2D eigenvalue weighted by atomic mass is 9.63. The molecule has 4 heteroatoms. The van der Waals surface area contributed by atoms with Crippen LogP contribution in [0.3, 0.4) is 0 Å². The van der Waals surface area contributed by atoms with Crippen LogP contribution >= 0.6 is 0 Å². The number of rotatable bonds is 3. The van der Waals surface area contributed by atoms with Gasteiger partial charge in [0.2, 0.25) is 0 Å². The van der Waals surface area contributed by atoms with E-state index >= 15 is 0 Å². The van der Waals surface area contributed by atoms with Gasteiger partial charge in [0.15, 0.2) is 0 Å². The van der Waals surface area contributed by atoms with Gasteiger partial charge in [-0.1, -0.05) is 19.8 Å². The lowest BCUT2D eigenvalue weighted by molar-refractivity contribution is -0.151. The summed E-state index contributed by atoms with van der Waals surface area (Å²) in [5, 5.41) is 9.05. The third kappa shape index (κ3) is 2.05.